The van der Waals surface area contributed by atoms with E-state index in [1.807, 2.05) is 48.5 Å². The topological polar surface area (TPSA) is 35.2 Å². The van der Waals surface area contributed by atoms with E-state index in [1.54, 1.807) is 7.11 Å². The van der Waals surface area contributed by atoms with E-state index in [-0.39, 0.29) is 12.4 Å². The lowest BCUT2D eigenvalue weighted by molar-refractivity contribution is 0.413. The summed E-state index contributed by atoms with van der Waals surface area (Å²) < 4.78 is 5.38. The zero-order valence-electron chi connectivity index (χ0n) is 11.4. The minimum absolute atomic E-state index is 0. The summed E-state index contributed by atoms with van der Waals surface area (Å²) in [5, 5.41) is 0. The van der Waals surface area contributed by atoms with Gasteiger partial charge in [-0.3, -0.25) is 0 Å². The molecule has 0 unspecified atom stereocenters. The smallest absolute Gasteiger partial charge is 0.134 e. The molecule has 2 aromatic rings. The zero-order valence-corrected chi connectivity index (χ0v) is 12.2. The third-order valence-corrected chi connectivity index (χ3v) is 2.85. The van der Waals surface area contributed by atoms with Crippen LogP contribution in [0.5, 0.6) is 5.75 Å². The maximum absolute atomic E-state index is 5.64. The van der Waals surface area contributed by atoms with E-state index < -0.39 is 0 Å². The van der Waals surface area contributed by atoms with Crippen LogP contribution >= 0.6 is 12.4 Å². The molecule has 2 rings (SSSR count). The largest absolute Gasteiger partial charge is 0.495 e. The Kier molecular flexibility index (Phi) is 6.66. The van der Waals surface area contributed by atoms with Crippen LogP contribution in [0.1, 0.15) is 16.7 Å². The van der Waals surface area contributed by atoms with Crippen LogP contribution in [0.3, 0.4) is 0 Å². The highest BCUT2D eigenvalue weighted by Gasteiger charge is 2.05. The van der Waals surface area contributed by atoms with Gasteiger partial charge in [-0.15, -0.1) is 12.4 Å². The normalized spacial score (nSPS) is 9.10. The van der Waals surface area contributed by atoms with E-state index in [2.05, 4.69) is 11.8 Å². The summed E-state index contributed by atoms with van der Waals surface area (Å²) in [4.78, 5) is 0. The molecular weight excluding hydrogens is 270 g/mol. The summed E-state index contributed by atoms with van der Waals surface area (Å²) in [6, 6.07) is 15.9. The van der Waals surface area contributed by atoms with Crippen LogP contribution in [0, 0.1) is 11.8 Å². The molecule has 0 aromatic heterocycles. The average molecular weight is 288 g/mol. The third kappa shape index (κ3) is 4.03. The van der Waals surface area contributed by atoms with Crippen LogP contribution in [0.25, 0.3) is 0 Å². The first-order valence-corrected chi connectivity index (χ1v) is 6.28. The Balaban J connectivity index is 0.00000200. The number of halogens is 1. The van der Waals surface area contributed by atoms with E-state index in [9.17, 15) is 0 Å². The summed E-state index contributed by atoms with van der Waals surface area (Å²) in [6.07, 6.45) is 0.802. The lowest BCUT2D eigenvalue weighted by atomic mass is 10.0. The van der Waals surface area contributed by atoms with Crippen molar-refractivity contribution in [3.05, 3.63) is 65.2 Å². The standard InChI is InChI=1S/C17H17NO.ClH/c1-19-17-9-5-8-15(12-13-18)16(17)11-10-14-6-3-2-4-7-14;/h2-9H,12-13,18H2,1H3;1H. The first-order valence-electron chi connectivity index (χ1n) is 6.28. The van der Waals surface area contributed by atoms with Gasteiger partial charge < -0.3 is 10.5 Å². The number of rotatable bonds is 3. The highest BCUT2D eigenvalue weighted by molar-refractivity contribution is 5.85. The molecule has 0 spiro atoms. The minimum Gasteiger partial charge on any atom is -0.495 e. The lowest BCUT2D eigenvalue weighted by Gasteiger charge is -2.08. The van der Waals surface area contributed by atoms with Gasteiger partial charge in [0.15, 0.2) is 0 Å². The molecule has 20 heavy (non-hydrogen) atoms. The van der Waals surface area contributed by atoms with Crippen LogP contribution in [-0.4, -0.2) is 13.7 Å². The highest BCUT2D eigenvalue weighted by atomic mass is 35.5. The number of hydrogen-bond donors (Lipinski definition) is 1. The Morgan fingerprint density at radius 3 is 2.40 bits per heavy atom. The van der Waals surface area contributed by atoms with Crippen molar-refractivity contribution < 1.29 is 4.74 Å². The van der Waals surface area contributed by atoms with Crippen molar-refractivity contribution in [2.45, 2.75) is 6.42 Å². The Hall–Kier alpha value is -1.95. The Labute approximate surface area is 126 Å². The Morgan fingerprint density at radius 2 is 1.75 bits per heavy atom. The van der Waals surface area contributed by atoms with Crippen LogP contribution in [0.15, 0.2) is 48.5 Å². The van der Waals surface area contributed by atoms with Crippen molar-refractivity contribution >= 4 is 12.4 Å². The molecule has 3 heteroatoms. The van der Waals surface area contributed by atoms with Gasteiger partial charge in [-0.25, -0.2) is 0 Å². The van der Waals surface area contributed by atoms with E-state index in [1.165, 1.54) is 0 Å². The first-order chi connectivity index (χ1) is 9.35. The van der Waals surface area contributed by atoms with Crippen LogP contribution in [-0.2, 0) is 6.42 Å². The summed E-state index contributed by atoms with van der Waals surface area (Å²) in [5.74, 6) is 7.17. The fourth-order valence-corrected chi connectivity index (χ4v) is 1.91. The highest BCUT2D eigenvalue weighted by Crippen LogP contribution is 2.21. The molecule has 0 radical (unpaired) electrons. The number of ether oxygens (including phenoxy) is 1. The van der Waals surface area contributed by atoms with Crippen molar-refractivity contribution in [2.24, 2.45) is 5.73 Å². The van der Waals surface area contributed by atoms with Gasteiger partial charge in [0.1, 0.15) is 5.75 Å². The van der Waals surface area contributed by atoms with Gasteiger partial charge in [0, 0.05) is 5.56 Å². The van der Waals surface area contributed by atoms with Crippen LogP contribution in [0.2, 0.25) is 0 Å². The fourth-order valence-electron chi connectivity index (χ4n) is 1.91. The average Bonchev–Trinajstić information content (AvgIpc) is 2.47. The zero-order chi connectivity index (χ0) is 13.5. The SMILES string of the molecule is COc1cccc(CCN)c1C#Cc1ccccc1.Cl. The summed E-state index contributed by atoms with van der Waals surface area (Å²) in [7, 11) is 1.66. The number of benzene rings is 2. The van der Waals surface area contributed by atoms with E-state index >= 15 is 0 Å². The fraction of sp³-hybridized carbons (Fsp3) is 0.176. The molecular formula is C17H18ClNO. The van der Waals surface area contributed by atoms with Gasteiger partial charge in [0.2, 0.25) is 0 Å². The van der Waals surface area contributed by atoms with Gasteiger partial charge in [0.05, 0.1) is 12.7 Å². The summed E-state index contributed by atoms with van der Waals surface area (Å²) in [5.41, 5.74) is 8.69. The number of nitrogens with two attached hydrogens (primary N) is 1. The summed E-state index contributed by atoms with van der Waals surface area (Å²) >= 11 is 0. The van der Waals surface area contributed by atoms with Crippen LogP contribution in [0.4, 0.5) is 0 Å². The molecule has 0 heterocycles. The van der Waals surface area contributed by atoms with Gasteiger partial charge in [0.25, 0.3) is 0 Å². The van der Waals surface area contributed by atoms with Crippen molar-refractivity contribution in [1.29, 1.82) is 0 Å². The monoisotopic (exact) mass is 287 g/mol. The van der Waals surface area contributed by atoms with Crippen molar-refractivity contribution in [3.8, 4) is 17.6 Å². The van der Waals surface area contributed by atoms with Gasteiger partial charge in [-0.1, -0.05) is 42.2 Å². The van der Waals surface area contributed by atoms with E-state index in [0.717, 1.165) is 28.9 Å². The van der Waals surface area contributed by atoms with E-state index in [0.29, 0.717) is 6.54 Å². The minimum atomic E-state index is 0. The van der Waals surface area contributed by atoms with Gasteiger partial charge in [-0.05, 0) is 36.7 Å². The molecule has 0 fully saturated rings. The molecule has 0 aliphatic carbocycles. The Bertz CT molecular complexity index is 599. The third-order valence-electron chi connectivity index (χ3n) is 2.85. The summed E-state index contributed by atoms with van der Waals surface area (Å²) in [6.45, 7) is 0.604. The molecule has 2 aromatic carbocycles. The quantitative estimate of drug-likeness (QED) is 0.881. The molecule has 0 saturated carbocycles. The molecule has 0 aliphatic rings. The predicted octanol–water partition coefficient (Wildman–Crippen LogP) is 3.02. The molecule has 0 bridgehead atoms. The van der Waals surface area contributed by atoms with Crippen molar-refractivity contribution in [1.82, 2.24) is 0 Å². The number of hydrogen-bond acceptors (Lipinski definition) is 2. The maximum Gasteiger partial charge on any atom is 0.134 e. The maximum atomic E-state index is 5.64. The van der Waals surface area contributed by atoms with E-state index in [4.69, 9.17) is 10.5 Å². The van der Waals surface area contributed by atoms with Crippen molar-refractivity contribution in [3.63, 3.8) is 0 Å². The first kappa shape index (κ1) is 16.1. The molecule has 2 nitrogen and oxygen atoms in total. The molecule has 0 aliphatic heterocycles. The number of methoxy groups -OCH3 is 1. The second-order valence-electron chi connectivity index (χ2n) is 4.15. The molecule has 0 atom stereocenters. The second kappa shape index (κ2) is 8.27. The van der Waals surface area contributed by atoms with Crippen LogP contribution < -0.4 is 10.5 Å². The molecule has 0 amide bonds. The lowest BCUT2D eigenvalue weighted by Crippen LogP contribution is -2.05. The predicted molar refractivity (Wildman–Crippen MR) is 85.4 cm³/mol. The van der Waals surface area contributed by atoms with Gasteiger partial charge in [-0.2, -0.15) is 0 Å². The molecule has 0 saturated heterocycles. The van der Waals surface area contributed by atoms with Crippen molar-refractivity contribution in [2.75, 3.05) is 13.7 Å². The molecule has 104 valence electrons. The Morgan fingerprint density at radius 1 is 1.00 bits per heavy atom. The van der Waals surface area contributed by atoms with Gasteiger partial charge >= 0.3 is 0 Å². The second-order valence-corrected chi connectivity index (χ2v) is 4.15. The molecule has 2 N–H and O–H groups in total.